The second kappa shape index (κ2) is 8.29. The summed E-state index contributed by atoms with van der Waals surface area (Å²) in [5, 5.41) is 12.4. The number of hydrogen-bond donors (Lipinski definition) is 2. The third-order valence-corrected chi connectivity index (χ3v) is 5.12. The molecule has 1 aliphatic heterocycles. The number of aliphatic carboxylic acids is 1. The number of likely N-dealkylation sites (tertiary alicyclic amines) is 1. The summed E-state index contributed by atoms with van der Waals surface area (Å²) in [7, 11) is 0. The number of furan rings is 1. The van der Waals surface area contributed by atoms with Crippen LogP contribution < -0.4 is 5.32 Å². The predicted octanol–water partition coefficient (Wildman–Crippen LogP) is 2.33. The minimum Gasteiger partial charge on any atom is -0.480 e. The molecule has 0 spiro atoms. The Labute approximate surface area is 163 Å². The Morgan fingerprint density at radius 2 is 2.00 bits per heavy atom. The zero-order valence-corrected chi connectivity index (χ0v) is 15.8. The molecule has 3 rings (SSSR count). The molecule has 0 bridgehead atoms. The van der Waals surface area contributed by atoms with Gasteiger partial charge in [-0.25, -0.2) is 4.79 Å². The Kier molecular flexibility index (Phi) is 5.82. The summed E-state index contributed by atoms with van der Waals surface area (Å²) in [6.45, 7) is 2.34. The molecule has 0 aliphatic carbocycles. The van der Waals surface area contributed by atoms with E-state index in [0.717, 1.165) is 5.56 Å². The number of carbonyl (C=O) groups is 3. The molecule has 0 radical (unpaired) electrons. The summed E-state index contributed by atoms with van der Waals surface area (Å²) in [5.41, 5.74) is -0.149. The number of piperidine rings is 1. The number of nitrogens with zero attached hydrogens (tertiary/aromatic N) is 1. The van der Waals surface area contributed by atoms with Crippen molar-refractivity contribution in [2.45, 2.75) is 31.7 Å². The van der Waals surface area contributed by atoms with Crippen molar-refractivity contribution in [3.63, 3.8) is 0 Å². The SMILES string of the molecule is C[C@](Cc1ccccc1)(NC(=O)[C@H]1CCCN(C(=O)c2ccoc2)C1)C(=O)O. The van der Waals surface area contributed by atoms with E-state index in [2.05, 4.69) is 5.32 Å². The van der Waals surface area contributed by atoms with E-state index >= 15 is 0 Å². The first kappa shape index (κ1) is 19.7. The average molecular weight is 384 g/mol. The van der Waals surface area contributed by atoms with Crippen LogP contribution in [0.5, 0.6) is 0 Å². The number of hydrogen-bond acceptors (Lipinski definition) is 4. The Hall–Kier alpha value is -3.09. The van der Waals surface area contributed by atoms with Crippen LogP contribution in [0.4, 0.5) is 0 Å². The molecule has 28 heavy (non-hydrogen) atoms. The van der Waals surface area contributed by atoms with Gasteiger partial charge in [-0.05, 0) is 31.4 Å². The highest BCUT2D eigenvalue weighted by molar-refractivity contribution is 5.94. The molecule has 7 heteroatoms. The van der Waals surface area contributed by atoms with Crippen molar-refractivity contribution >= 4 is 17.8 Å². The van der Waals surface area contributed by atoms with Gasteiger partial charge in [0.1, 0.15) is 11.8 Å². The van der Waals surface area contributed by atoms with Gasteiger partial charge in [0.2, 0.25) is 5.91 Å². The number of amides is 2. The van der Waals surface area contributed by atoms with Gasteiger partial charge in [0.25, 0.3) is 5.91 Å². The van der Waals surface area contributed by atoms with E-state index in [-0.39, 0.29) is 24.8 Å². The zero-order valence-electron chi connectivity index (χ0n) is 15.8. The fraction of sp³-hybridized carbons (Fsp3) is 0.381. The number of carboxylic acids is 1. The Balaban J connectivity index is 1.67. The molecule has 2 heterocycles. The molecule has 1 aromatic carbocycles. The fourth-order valence-electron chi connectivity index (χ4n) is 3.50. The van der Waals surface area contributed by atoms with Crippen LogP contribution in [0.1, 0.15) is 35.7 Å². The molecule has 7 nitrogen and oxygen atoms in total. The molecule has 2 aromatic rings. The summed E-state index contributed by atoms with van der Waals surface area (Å²) in [5.74, 6) is -2.06. The maximum absolute atomic E-state index is 12.8. The predicted molar refractivity (Wildman–Crippen MR) is 102 cm³/mol. The molecular weight excluding hydrogens is 360 g/mol. The number of carbonyl (C=O) groups excluding carboxylic acids is 2. The number of rotatable bonds is 6. The second-order valence-electron chi connectivity index (χ2n) is 7.39. The van der Waals surface area contributed by atoms with Crippen LogP contribution in [0.3, 0.4) is 0 Å². The fourth-order valence-corrected chi connectivity index (χ4v) is 3.50. The Bertz CT molecular complexity index is 834. The molecular formula is C21H24N2O5. The molecule has 1 aliphatic rings. The number of carboxylic acid groups (broad SMARTS) is 1. The summed E-state index contributed by atoms with van der Waals surface area (Å²) in [6.07, 6.45) is 4.29. The molecule has 1 fully saturated rings. The Morgan fingerprint density at radius 1 is 1.25 bits per heavy atom. The first-order chi connectivity index (χ1) is 13.4. The standard InChI is InChI=1S/C21H24N2O5/c1-21(20(26)27,12-15-6-3-2-4-7-15)22-18(24)16-8-5-10-23(13-16)19(25)17-9-11-28-14-17/h2-4,6-7,9,11,14,16H,5,8,10,12-13H2,1H3,(H,22,24)(H,26,27)/t16-,21+/m0/s1. The van der Waals surface area contributed by atoms with E-state index in [1.54, 1.807) is 11.0 Å². The van der Waals surface area contributed by atoms with Gasteiger partial charge < -0.3 is 19.7 Å². The largest absolute Gasteiger partial charge is 0.480 e. The van der Waals surface area contributed by atoms with E-state index in [9.17, 15) is 19.5 Å². The lowest BCUT2D eigenvalue weighted by Gasteiger charge is -2.34. The monoisotopic (exact) mass is 384 g/mol. The van der Waals surface area contributed by atoms with Gasteiger partial charge in [-0.2, -0.15) is 0 Å². The van der Waals surface area contributed by atoms with Crippen LogP contribution in [0.25, 0.3) is 0 Å². The van der Waals surface area contributed by atoms with Gasteiger partial charge in [-0.1, -0.05) is 30.3 Å². The van der Waals surface area contributed by atoms with Gasteiger partial charge in [-0.3, -0.25) is 9.59 Å². The molecule has 148 valence electrons. The van der Waals surface area contributed by atoms with E-state index in [0.29, 0.717) is 24.9 Å². The van der Waals surface area contributed by atoms with Crippen LogP contribution in [0.2, 0.25) is 0 Å². The normalized spacial score (nSPS) is 18.9. The van der Waals surface area contributed by atoms with Crippen LogP contribution in [0.15, 0.2) is 53.3 Å². The van der Waals surface area contributed by atoms with Crippen molar-refractivity contribution in [3.8, 4) is 0 Å². The summed E-state index contributed by atoms with van der Waals surface area (Å²) >= 11 is 0. The van der Waals surface area contributed by atoms with Gasteiger partial charge in [0.05, 0.1) is 17.7 Å². The highest BCUT2D eigenvalue weighted by atomic mass is 16.4. The first-order valence-corrected chi connectivity index (χ1v) is 9.30. The van der Waals surface area contributed by atoms with Gasteiger partial charge in [0, 0.05) is 19.5 Å². The van der Waals surface area contributed by atoms with Gasteiger partial charge >= 0.3 is 5.97 Å². The van der Waals surface area contributed by atoms with Crippen LogP contribution in [-0.2, 0) is 16.0 Å². The summed E-state index contributed by atoms with van der Waals surface area (Å²) in [4.78, 5) is 38.8. The van der Waals surface area contributed by atoms with Crippen molar-refractivity contribution in [2.24, 2.45) is 5.92 Å². The zero-order chi connectivity index (χ0) is 20.1. The molecule has 2 atom stereocenters. The lowest BCUT2D eigenvalue weighted by molar-refractivity contribution is -0.147. The van der Waals surface area contributed by atoms with Crippen molar-refractivity contribution in [1.29, 1.82) is 0 Å². The van der Waals surface area contributed by atoms with Crippen molar-refractivity contribution in [2.75, 3.05) is 13.1 Å². The molecule has 1 aromatic heterocycles. The van der Waals surface area contributed by atoms with E-state index in [4.69, 9.17) is 4.42 Å². The Morgan fingerprint density at radius 3 is 2.64 bits per heavy atom. The van der Waals surface area contributed by atoms with Crippen LogP contribution in [0, 0.1) is 5.92 Å². The number of nitrogens with one attached hydrogen (secondary N) is 1. The molecule has 2 N–H and O–H groups in total. The third-order valence-electron chi connectivity index (χ3n) is 5.12. The first-order valence-electron chi connectivity index (χ1n) is 9.30. The van der Waals surface area contributed by atoms with Crippen molar-refractivity contribution < 1.29 is 23.9 Å². The smallest absolute Gasteiger partial charge is 0.329 e. The molecule has 0 unspecified atom stereocenters. The lowest BCUT2D eigenvalue weighted by Crippen LogP contribution is -2.57. The third kappa shape index (κ3) is 4.42. The minimum absolute atomic E-state index is 0.180. The van der Waals surface area contributed by atoms with Gasteiger partial charge in [0.15, 0.2) is 0 Å². The van der Waals surface area contributed by atoms with Crippen molar-refractivity contribution in [1.82, 2.24) is 10.2 Å². The van der Waals surface area contributed by atoms with Crippen LogP contribution >= 0.6 is 0 Å². The van der Waals surface area contributed by atoms with Crippen LogP contribution in [-0.4, -0.2) is 46.4 Å². The summed E-state index contributed by atoms with van der Waals surface area (Å²) < 4.78 is 4.96. The minimum atomic E-state index is -1.42. The van der Waals surface area contributed by atoms with E-state index in [1.807, 2.05) is 30.3 Å². The highest BCUT2D eigenvalue weighted by Gasteiger charge is 2.38. The molecule has 2 amide bonds. The highest BCUT2D eigenvalue weighted by Crippen LogP contribution is 2.21. The van der Waals surface area contributed by atoms with Gasteiger partial charge in [-0.15, -0.1) is 0 Å². The second-order valence-corrected chi connectivity index (χ2v) is 7.39. The van der Waals surface area contributed by atoms with E-state index in [1.165, 1.54) is 19.5 Å². The maximum atomic E-state index is 12.8. The van der Waals surface area contributed by atoms with Crippen molar-refractivity contribution in [3.05, 3.63) is 60.1 Å². The average Bonchev–Trinajstić information content (AvgIpc) is 3.23. The summed E-state index contributed by atoms with van der Waals surface area (Å²) in [6, 6.07) is 10.8. The quantitative estimate of drug-likeness (QED) is 0.796. The molecule has 1 saturated heterocycles. The van der Waals surface area contributed by atoms with E-state index < -0.39 is 17.4 Å². The maximum Gasteiger partial charge on any atom is 0.329 e. The number of benzene rings is 1. The molecule has 0 saturated carbocycles. The topological polar surface area (TPSA) is 99.9 Å². The lowest BCUT2D eigenvalue weighted by atomic mass is 9.90.